The molecule has 0 amide bonds. The van der Waals surface area contributed by atoms with Gasteiger partial charge in [-0.05, 0) is 23.8 Å². The molecule has 32 heavy (non-hydrogen) atoms. The van der Waals surface area contributed by atoms with Crippen LogP contribution in [-0.4, -0.2) is 32.6 Å². The van der Waals surface area contributed by atoms with Gasteiger partial charge in [0.1, 0.15) is 17.3 Å². The molecule has 0 aliphatic heterocycles. The van der Waals surface area contributed by atoms with Crippen LogP contribution in [0, 0.1) is 0 Å². The maximum atomic E-state index is 13.8. The molecule has 1 N–H and O–H groups in total. The van der Waals surface area contributed by atoms with E-state index in [9.17, 15) is 4.79 Å². The number of ether oxygens (including phenoxy) is 1. The fourth-order valence-electron chi connectivity index (χ4n) is 3.72. The fourth-order valence-corrected chi connectivity index (χ4v) is 4.81. The largest absolute Gasteiger partial charge is 0.495 e. The number of hydrogen-bond donors (Lipinski definition) is 1. The molecule has 1 unspecified atom stereocenters. The van der Waals surface area contributed by atoms with E-state index >= 15 is 0 Å². The lowest BCUT2D eigenvalue weighted by atomic mass is 10.0. The van der Waals surface area contributed by atoms with Gasteiger partial charge in [0.2, 0.25) is 0 Å². The minimum Gasteiger partial charge on any atom is -0.495 e. The van der Waals surface area contributed by atoms with E-state index in [4.69, 9.17) is 4.74 Å². The van der Waals surface area contributed by atoms with Gasteiger partial charge >= 0.3 is 0 Å². The number of ketones is 1. The highest BCUT2D eigenvalue weighted by Crippen LogP contribution is 2.39. The highest BCUT2D eigenvalue weighted by Gasteiger charge is 2.28. The van der Waals surface area contributed by atoms with Crippen LogP contribution in [0.15, 0.2) is 96.5 Å². The quantitative estimate of drug-likeness (QED) is 0.268. The lowest BCUT2D eigenvalue weighted by Gasteiger charge is -2.17. The number of nitrogens with zero attached hydrogens (tertiary/aromatic N) is 3. The van der Waals surface area contributed by atoms with Crippen molar-refractivity contribution >= 4 is 28.4 Å². The second kappa shape index (κ2) is 8.72. The van der Waals surface area contributed by atoms with Crippen LogP contribution >= 0.6 is 11.8 Å². The summed E-state index contributed by atoms with van der Waals surface area (Å²) in [5, 5.41) is 9.45. The van der Waals surface area contributed by atoms with Crippen molar-refractivity contribution in [3.8, 4) is 11.4 Å². The molecule has 0 aliphatic carbocycles. The monoisotopic (exact) mass is 440 g/mol. The summed E-state index contributed by atoms with van der Waals surface area (Å²) in [6, 6.07) is 25.2. The standard InChI is InChI=1S/C25H20N4O2S/c1-31-22-14-8-7-13-21(22)29-16-27-28-25(29)32-24(17-9-3-2-4-10-17)23(30)19-15-26-20-12-6-5-11-18(19)20/h2-16,24,26H,1H3. The minimum absolute atomic E-state index is 0.00762. The van der Waals surface area contributed by atoms with Crippen LogP contribution in [0.1, 0.15) is 21.2 Å². The van der Waals surface area contributed by atoms with Crippen LogP contribution in [0.5, 0.6) is 5.75 Å². The highest BCUT2D eigenvalue weighted by molar-refractivity contribution is 8.00. The number of aromatic nitrogens is 4. The van der Waals surface area contributed by atoms with Gasteiger partial charge in [0, 0.05) is 22.7 Å². The Hall–Kier alpha value is -3.84. The van der Waals surface area contributed by atoms with Crippen molar-refractivity contribution in [1.82, 2.24) is 19.7 Å². The van der Waals surface area contributed by atoms with E-state index in [1.165, 1.54) is 11.8 Å². The molecule has 0 fully saturated rings. The van der Waals surface area contributed by atoms with Crippen molar-refractivity contribution in [1.29, 1.82) is 0 Å². The van der Waals surface area contributed by atoms with Crippen LogP contribution in [0.4, 0.5) is 0 Å². The van der Waals surface area contributed by atoms with Crippen molar-refractivity contribution in [3.05, 3.63) is 103 Å². The number of nitrogens with one attached hydrogen (secondary N) is 1. The molecule has 0 bridgehead atoms. The number of H-pyrrole nitrogens is 1. The number of methoxy groups -OCH3 is 1. The molecule has 0 radical (unpaired) electrons. The molecule has 6 nitrogen and oxygen atoms in total. The second-order valence-corrected chi connectivity index (χ2v) is 8.25. The first-order valence-electron chi connectivity index (χ1n) is 10.1. The number of carbonyl (C=O) groups excluding carboxylic acids is 1. The van der Waals surface area contributed by atoms with Crippen LogP contribution in [0.2, 0.25) is 0 Å². The SMILES string of the molecule is COc1ccccc1-n1cnnc1SC(C(=O)c1c[nH]c2ccccc12)c1ccccc1. The zero-order valence-corrected chi connectivity index (χ0v) is 18.1. The van der Waals surface area contributed by atoms with Crippen molar-refractivity contribution in [3.63, 3.8) is 0 Å². The number of carbonyl (C=O) groups is 1. The molecule has 7 heteroatoms. The van der Waals surface area contributed by atoms with Crippen LogP contribution < -0.4 is 4.74 Å². The first-order chi connectivity index (χ1) is 15.8. The minimum atomic E-state index is -0.493. The first kappa shape index (κ1) is 20.1. The van der Waals surface area contributed by atoms with Gasteiger partial charge < -0.3 is 9.72 Å². The Morgan fingerprint density at radius 3 is 2.59 bits per heavy atom. The van der Waals surface area contributed by atoms with E-state index in [0.717, 1.165) is 22.2 Å². The Labute approximate surface area is 189 Å². The average Bonchev–Trinajstić information content (AvgIpc) is 3.49. The van der Waals surface area contributed by atoms with Gasteiger partial charge in [0.05, 0.1) is 12.8 Å². The third kappa shape index (κ3) is 3.67. The Kier molecular flexibility index (Phi) is 5.47. The van der Waals surface area contributed by atoms with E-state index in [0.29, 0.717) is 16.5 Å². The second-order valence-electron chi connectivity index (χ2n) is 7.18. The summed E-state index contributed by atoms with van der Waals surface area (Å²) in [5.41, 5.74) is 3.31. The molecule has 3 aromatic carbocycles. The van der Waals surface area contributed by atoms with Crippen LogP contribution in [0.3, 0.4) is 0 Å². The van der Waals surface area contributed by atoms with Crippen LogP contribution in [-0.2, 0) is 0 Å². The van der Waals surface area contributed by atoms with Gasteiger partial charge in [-0.25, -0.2) is 0 Å². The molecule has 158 valence electrons. The smallest absolute Gasteiger partial charge is 0.196 e. The maximum Gasteiger partial charge on any atom is 0.196 e. The van der Waals surface area contributed by atoms with Crippen LogP contribution in [0.25, 0.3) is 16.6 Å². The Morgan fingerprint density at radius 1 is 1.00 bits per heavy atom. The number of thioether (sulfide) groups is 1. The average molecular weight is 441 g/mol. The molecule has 1 atom stereocenters. The number of para-hydroxylation sites is 3. The Balaban J connectivity index is 1.57. The molecule has 0 spiro atoms. The first-order valence-corrected chi connectivity index (χ1v) is 11.0. The highest BCUT2D eigenvalue weighted by atomic mass is 32.2. The third-order valence-electron chi connectivity index (χ3n) is 5.28. The van der Waals surface area contributed by atoms with Gasteiger partial charge in [-0.3, -0.25) is 9.36 Å². The van der Waals surface area contributed by atoms with Crippen molar-refractivity contribution in [2.24, 2.45) is 0 Å². The predicted molar refractivity (Wildman–Crippen MR) is 126 cm³/mol. The molecule has 0 saturated heterocycles. The van der Waals surface area contributed by atoms with Crippen molar-refractivity contribution < 1.29 is 9.53 Å². The molecule has 2 aromatic heterocycles. The van der Waals surface area contributed by atoms with Gasteiger partial charge in [0.25, 0.3) is 0 Å². The van der Waals surface area contributed by atoms with E-state index in [1.807, 2.05) is 83.4 Å². The summed E-state index contributed by atoms with van der Waals surface area (Å²) < 4.78 is 7.36. The third-order valence-corrected chi connectivity index (χ3v) is 6.49. The number of aromatic amines is 1. The van der Waals surface area contributed by atoms with E-state index in [2.05, 4.69) is 15.2 Å². The summed E-state index contributed by atoms with van der Waals surface area (Å²) >= 11 is 1.37. The number of hydrogen-bond acceptors (Lipinski definition) is 5. The zero-order chi connectivity index (χ0) is 21.9. The molecule has 5 rings (SSSR count). The number of rotatable bonds is 7. The number of Topliss-reactive ketones (excluding diaryl/α,β-unsaturated/α-hetero) is 1. The molecule has 5 aromatic rings. The van der Waals surface area contributed by atoms with Crippen molar-refractivity contribution in [2.45, 2.75) is 10.4 Å². The van der Waals surface area contributed by atoms with Gasteiger partial charge in [0.15, 0.2) is 10.9 Å². The van der Waals surface area contributed by atoms with Gasteiger partial charge in [-0.1, -0.05) is 72.4 Å². The molecular formula is C25H20N4O2S. The Bertz CT molecular complexity index is 1380. The Morgan fingerprint density at radius 2 is 1.75 bits per heavy atom. The van der Waals surface area contributed by atoms with Crippen molar-refractivity contribution in [2.75, 3.05) is 7.11 Å². The van der Waals surface area contributed by atoms with Gasteiger partial charge in [-0.2, -0.15) is 0 Å². The van der Waals surface area contributed by atoms with Gasteiger partial charge in [-0.15, -0.1) is 10.2 Å². The molecule has 2 heterocycles. The zero-order valence-electron chi connectivity index (χ0n) is 17.3. The molecule has 0 aliphatic rings. The number of fused-ring (bicyclic) bond motifs is 1. The maximum absolute atomic E-state index is 13.8. The summed E-state index contributed by atoms with van der Waals surface area (Å²) in [4.78, 5) is 17.0. The fraction of sp³-hybridized carbons (Fsp3) is 0.0800. The summed E-state index contributed by atoms with van der Waals surface area (Å²) in [6.45, 7) is 0. The number of benzene rings is 3. The lowest BCUT2D eigenvalue weighted by molar-refractivity contribution is 0.0991. The van der Waals surface area contributed by atoms with E-state index in [1.54, 1.807) is 19.6 Å². The van der Waals surface area contributed by atoms with E-state index < -0.39 is 5.25 Å². The summed E-state index contributed by atoms with van der Waals surface area (Å²) in [7, 11) is 1.63. The summed E-state index contributed by atoms with van der Waals surface area (Å²) in [6.07, 6.45) is 3.42. The van der Waals surface area contributed by atoms with E-state index in [-0.39, 0.29) is 5.78 Å². The summed E-state index contributed by atoms with van der Waals surface area (Å²) in [5.74, 6) is 0.710. The normalized spacial score (nSPS) is 12.0. The lowest BCUT2D eigenvalue weighted by Crippen LogP contribution is -2.11. The molecular weight excluding hydrogens is 420 g/mol. The molecule has 0 saturated carbocycles. The topological polar surface area (TPSA) is 72.8 Å². The predicted octanol–water partition coefficient (Wildman–Crippen LogP) is 5.47.